The Morgan fingerprint density at radius 3 is 2.18 bits per heavy atom. The van der Waals surface area contributed by atoms with Gasteiger partial charge >= 0.3 is 0 Å². The van der Waals surface area contributed by atoms with Gasteiger partial charge in [-0.3, -0.25) is 5.84 Å². The molecule has 0 aliphatic rings. The van der Waals surface area contributed by atoms with Gasteiger partial charge in [-0.2, -0.15) is 5.26 Å². The maximum absolute atomic E-state index is 8.40. The fourth-order valence-corrected chi connectivity index (χ4v) is 0.641. The topological polar surface area (TPSA) is 61.8 Å². The van der Waals surface area contributed by atoms with Crippen LogP contribution in [0, 0.1) is 11.3 Å². The van der Waals surface area contributed by atoms with Crippen molar-refractivity contribution in [2.45, 2.75) is 0 Å². The van der Waals surface area contributed by atoms with E-state index in [4.69, 9.17) is 11.1 Å². The highest BCUT2D eigenvalue weighted by molar-refractivity contribution is 8.93. The van der Waals surface area contributed by atoms with Gasteiger partial charge in [0.1, 0.15) is 0 Å². The zero-order valence-corrected chi connectivity index (χ0v) is 7.46. The molecule has 3 nitrogen and oxygen atoms in total. The van der Waals surface area contributed by atoms with E-state index in [1.807, 2.05) is 6.07 Å². The van der Waals surface area contributed by atoms with Gasteiger partial charge in [0.2, 0.25) is 0 Å². The Morgan fingerprint density at radius 2 is 1.82 bits per heavy atom. The highest BCUT2D eigenvalue weighted by Gasteiger charge is 1.88. The molecule has 0 saturated carbocycles. The Morgan fingerprint density at radius 1 is 1.27 bits per heavy atom. The third kappa shape index (κ3) is 2.58. The van der Waals surface area contributed by atoms with Crippen LogP contribution in [0.4, 0.5) is 5.69 Å². The number of nitrogens with two attached hydrogens (primary N) is 1. The van der Waals surface area contributed by atoms with Crippen molar-refractivity contribution in [2.75, 3.05) is 5.43 Å². The van der Waals surface area contributed by atoms with Gasteiger partial charge in [-0.15, -0.1) is 17.0 Å². The Labute approximate surface area is 75.6 Å². The van der Waals surface area contributed by atoms with Crippen LogP contribution in [0.2, 0.25) is 0 Å². The third-order valence-corrected chi connectivity index (χ3v) is 1.18. The van der Waals surface area contributed by atoms with Gasteiger partial charge < -0.3 is 5.43 Å². The minimum Gasteiger partial charge on any atom is -0.324 e. The van der Waals surface area contributed by atoms with Crippen LogP contribution in [0.3, 0.4) is 0 Å². The molecule has 0 aliphatic carbocycles. The van der Waals surface area contributed by atoms with E-state index in [2.05, 4.69) is 5.43 Å². The minimum absolute atomic E-state index is 0. The van der Waals surface area contributed by atoms with E-state index in [0.717, 1.165) is 5.69 Å². The summed E-state index contributed by atoms with van der Waals surface area (Å²) in [7, 11) is 0. The van der Waals surface area contributed by atoms with Gasteiger partial charge in [0.15, 0.2) is 0 Å². The maximum Gasteiger partial charge on any atom is 0.0991 e. The number of anilines is 1. The van der Waals surface area contributed by atoms with Gasteiger partial charge in [-0.05, 0) is 24.3 Å². The summed E-state index contributed by atoms with van der Waals surface area (Å²) in [5.74, 6) is 5.11. The molecule has 1 rings (SSSR count). The minimum atomic E-state index is 0. The first-order valence-electron chi connectivity index (χ1n) is 2.83. The number of nitrogens with zero attached hydrogens (tertiary/aromatic N) is 1. The Bertz CT molecular complexity index is 249. The number of nitriles is 1. The van der Waals surface area contributed by atoms with Crippen molar-refractivity contribution >= 4 is 22.7 Å². The number of benzene rings is 1. The van der Waals surface area contributed by atoms with E-state index < -0.39 is 0 Å². The van der Waals surface area contributed by atoms with Crippen LogP contribution in [-0.4, -0.2) is 0 Å². The smallest absolute Gasteiger partial charge is 0.0991 e. The lowest BCUT2D eigenvalue weighted by Gasteiger charge is -1.96. The van der Waals surface area contributed by atoms with Crippen molar-refractivity contribution in [2.24, 2.45) is 5.84 Å². The predicted octanol–water partition coefficient (Wildman–Crippen LogP) is 1.42. The van der Waals surface area contributed by atoms with Crippen molar-refractivity contribution in [3.8, 4) is 6.07 Å². The molecule has 11 heavy (non-hydrogen) atoms. The number of nitrogen functional groups attached to an aromatic ring is 1. The Balaban J connectivity index is 0.000001000. The first-order chi connectivity index (χ1) is 4.86. The molecule has 1 aromatic rings. The number of nitrogens with one attached hydrogen (secondary N) is 1. The number of hydrazine groups is 1. The van der Waals surface area contributed by atoms with E-state index in [0.29, 0.717) is 5.56 Å². The van der Waals surface area contributed by atoms with Crippen molar-refractivity contribution < 1.29 is 0 Å². The lowest BCUT2D eigenvalue weighted by Crippen LogP contribution is -2.05. The number of hydrogen-bond donors (Lipinski definition) is 2. The molecular weight excluding hydrogens is 206 g/mol. The van der Waals surface area contributed by atoms with Gasteiger partial charge in [0, 0.05) is 5.69 Å². The van der Waals surface area contributed by atoms with Crippen LogP contribution >= 0.6 is 17.0 Å². The molecule has 0 aliphatic heterocycles. The zero-order chi connectivity index (χ0) is 7.40. The fourth-order valence-electron chi connectivity index (χ4n) is 0.641. The standard InChI is InChI=1S/C7H7N3.BrH/c8-5-6-1-3-7(10-9)4-2-6;/h1-4,10H,9H2;1H. The first-order valence-corrected chi connectivity index (χ1v) is 2.83. The molecule has 0 unspecified atom stereocenters. The van der Waals surface area contributed by atoms with Gasteiger partial charge in [-0.25, -0.2) is 0 Å². The van der Waals surface area contributed by atoms with Gasteiger partial charge in [0.05, 0.1) is 11.6 Å². The molecule has 0 fully saturated rings. The zero-order valence-electron chi connectivity index (χ0n) is 5.74. The number of hydrogen-bond acceptors (Lipinski definition) is 3. The van der Waals surface area contributed by atoms with Crippen LogP contribution in [0.25, 0.3) is 0 Å². The van der Waals surface area contributed by atoms with Crippen molar-refractivity contribution in [3.05, 3.63) is 29.8 Å². The van der Waals surface area contributed by atoms with Crippen molar-refractivity contribution in [3.63, 3.8) is 0 Å². The van der Waals surface area contributed by atoms with Crippen molar-refractivity contribution in [1.82, 2.24) is 0 Å². The normalized spacial score (nSPS) is 7.64. The highest BCUT2D eigenvalue weighted by Crippen LogP contribution is 2.05. The maximum atomic E-state index is 8.40. The molecular formula is C7H8BrN3. The summed E-state index contributed by atoms with van der Waals surface area (Å²) in [5.41, 5.74) is 3.91. The summed E-state index contributed by atoms with van der Waals surface area (Å²) in [4.78, 5) is 0. The fraction of sp³-hybridized carbons (Fsp3) is 0. The SMILES string of the molecule is Br.N#Cc1ccc(NN)cc1. The first kappa shape index (κ1) is 9.95. The molecule has 0 spiro atoms. The van der Waals surface area contributed by atoms with Gasteiger partial charge in [-0.1, -0.05) is 0 Å². The summed E-state index contributed by atoms with van der Waals surface area (Å²) in [6, 6.07) is 8.91. The average molecular weight is 214 g/mol. The molecule has 0 aromatic heterocycles. The monoisotopic (exact) mass is 213 g/mol. The highest BCUT2D eigenvalue weighted by atomic mass is 79.9. The van der Waals surface area contributed by atoms with Crippen LogP contribution in [0.15, 0.2) is 24.3 Å². The van der Waals surface area contributed by atoms with E-state index in [9.17, 15) is 0 Å². The summed E-state index contributed by atoms with van der Waals surface area (Å²) >= 11 is 0. The number of rotatable bonds is 1. The van der Waals surface area contributed by atoms with Crippen LogP contribution < -0.4 is 11.3 Å². The summed E-state index contributed by atoms with van der Waals surface area (Å²) < 4.78 is 0. The average Bonchev–Trinajstić information content (AvgIpc) is 2.05. The summed E-state index contributed by atoms with van der Waals surface area (Å²) in [6.45, 7) is 0. The van der Waals surface area contributed by atoms with Crippen molar-refractivity contribution in [1.29, 1.82) is 5.26 Å². The molecule has 0 bridgehead atoms. The molecule has 4 heteroatoms. The Kier molecular flexibility index (Phi) is 4.27. The van der Waals surface area contributed by atoms with Crippen LogP contribution in [0.5, 0.6) is 0 Å². The second-order valence-electron chi connectivity index (χ2n) is 1.83. The molecule has 58 valence electrons. The van der Waals surface area contributed by atoms with E-state index in [1.54, 1.807) is 24.3 Å². The molecule has 3 N–H and O–H groups in total. The summed E-state index contributed by atoms with van der Waals surface area (Å²) in [5, 5.41) is 8.40. The van der Waals surface area contributed by atoms with Crippen LogP contribution in [0.1, 0.15) is 5.56 Å². The molecule has 0 atom stereocenters. The van der Waals surface area contributed by atoms with Gasteiger partial charge in [0.25, 0.3) is 0 Å². The third-order valence-electron chi connectivity index (χ3n) is 1.18. The lowest BCUT2D eigenvalue weighted by atomic mass is 10.2. The largest absolute Gasteiger partial charge is 0.324 e. The molecule has 0 radical (unpaired) electrons. The second-order valence-corrected chi connectivity index (χ2v) is 1.83. The molecule has 1 aromatic carbocycles. The Hall–Kier alpha value is -1.05. The van der Waals surface area contributed by atoms with Crippen LogP contribution in [-0.2, 0) is 0 Å². The number of halogens is 1. The predicted molar refractivity (Wildman–Crippen MR) is 49.3 cm³/mol. The quantitative estimate of drug-likeness (QED) is 0.548. The van der Waals surface area contributed by atoms with E-state index in [-0.39, 0.29) is 17.0 Å². The molecule has 0 saturated heterocycles. The molecule has 0 amide bonds. The molecule has 0 heterocycles. The van der Waals surface area contributed by atoms with E-state index >= 15 is 0 Å². The summed E-state index contributed by atoms with van der Waals surface area (Å²) in [6.07, 6.45) is 0. The van der Waals surface area contributed by atoms with E-state index in [1.165, 1.54) is 0 Å². The lowest BCUT2D eigenvalue weighted by molar-refractivity contribution is 1.35. The second kappa shape index (κ2) is 4.72.